The Balaban J connectivity index is 2.34. The zero-order valence-corrected chi connectivity index (χ0v) is 8.56. The zero-order valence-electron chi connectivity index (χ0n) is 8.56. The fourth-order valence-electron chi connectivity index (χ4n) is 1.61. The number of aliphatic hydroxyl groups excluding tert-OH is 1. The SMILES string of the molecule is CN1C(=O)COc2cc(CCO)ccc21. The third kappa shape index (κ3) is 1.80. The number of amides is 1. The van der Waals surface area contributed by atoms with Crippen LogP contribution in [0.4, 0.5) is 5.69 Å². The van der Waals surface area contributed by atoms with Gasteiger partial charge in [0, 0.05) is 13.7 Å². The van der Waals surface area contributed by atoms with Gasteiger partial charge in [-0.2, -0.15) is 0 Å². The molecule has 1 aliphatic heterocycles. The average molecular weight is 207 g/mol. The lowest BCUT2D eigenvalue weighted by Gasteiger charge is -2.26. The molecule has 0 fully saturated rings. The van der Waals surface area contributed by atoms with Gasteiger partial charge in [0.25, 0.3) is 5.91 Å². The van der Waals surface area contributed by atoms with Gasteiger partial charge < -0.3 is 14.7 Å². The molecule has 0 spiro atoms. The molecular weight excluding hydrogens is 194 g/mol. The van der Waals surface area contributed by atoms with Crippen LogP contribution in [-0.4, -0.2) is 31.3 Å². The van der Waals surface area contributed by atoms with E-state index >= 15 is 0 Å². The second kappa shape index (κ2) is 3.90. The first-order valence-electron chi connectivity index (χ1n) is 4.85. The van der Waals surface area contributed by atoms with E-state index in [1.165, 1.54) is 0 Å². The van der Waals surface area contributed by atoms with Crippen molar-refractivity contribution in [3.05, 3.63) is 23.8 Å². The minimum Gasteiger partial charge on any atom is -0.482 e. The normalized spacial score (nSPS) is 14.8. The number of likely N-dealkylation sites (N-methyl/N-ethyl adjacent to an activating group) is 1. The van der Waals surface area contributed by atoms with Crippen LogP contribution in [0.3, 0.4) is 0 Å². The van der Waals surface area contributed by atoms with Crippen molar-refractivity contribution in [2.75, 3.05) is 25.2 Å². The van der Waals surface area contributed by atoms with Gasteiger partial charge in [-0.15, -0.1) is 0 Å². The summed E-state index contributed by atoms with van der Waals surface area (Å²) in [4.78, 5) is 12.9. The number of anilines is 1. The molecule has 0 aliphatic carbocycles. The first kappa shape index (κ1) is 9.98. The number of rotatable bonds is 2. The molecule has 0 atom stereocenters. The van der Waals surface area contributed by atoms with Crippen LogP contribution in [-0.2, 0) is 11.2 Å². The summed E-state index contributed by atoms with van der Waals surface area (Å²) in [6, 6.07) is 5.61. The summed E-state index contributed by atoms with van der Waals surface area (Å²) in [6.07, 6.45) is 0.605. The largest absolute Gasteiger partial charge is 0.482 e. The van der Waals surface area contributed by atoms with E-state index in [0.717, 1.165) is 11.3 Å². The van der Waals surface area contributed by atoms with E-state index in [-0.39, 0.29) is 19.1 Å². The number of aliphatic hydroxyl groups is 1. The second-order valence-corrected chi connectivity index (χ2v) is 3.52. The third-order valence-corrected chi connectivity index (χ3v) is 2.51. The van der Waals surface area contributed by atoms with Crippen LogP contribution in [0.25, 0.3) is 0 Å². The van der Waals surface area contributed by atoms with E-state index in [1.54, 1.807) is 11.9 Å². The van der Waals surface area contributed by atoms with Crippen molar-refractivity contribution in [2.24, 2.45) is 0 Å². The molecule has 1 aromatic carbocycles. The summed E-state index contributed by atoms with van der Waals surface area (Å²) in [5, 5.41) is 8.81. The predicted molar refractivity (Wildman–Crippen MR) is 56.1 cm³/mol. The summed E-state index contributed by atoms with van der Waals surface area (Å²) in [5.41, 5.74) is 1.80. The number of hydrogen-bond donors (Lipinski definition) is 1. The molecule has 0 unspecified atom stereocenters. The molecule has 4 nitrogen and oxygen atoms in total. The molecule has 0 saturated carbocycles. The van der Waals surface area contributed by atoms with Gasteiger partial charge >= 0.3 is 0 Å². The minimum atomic E-state index is -0.0441. The van der Waals surface area contributed by atoms with Gasteiger partial charge in [0.15, 0.2) is 6.61 Å². The number of hydrogen-bond acceptors (Lipinski definition) is 3. The van der Waals surface area contributed by atoms with E-state index in [0.29, 0.717) is 12.2 Å². The molecule has 1 amide bonds. The average Bonchev–Trinajstić information content (AvgIpc) is 2.24. The van der Waals surface area contributed by atoms with Gasteiger partial charge in [0.1, 0.15) is 5.75 Å². The Morgan fingerprint density at radius 3 is 3.07 bits per heavy atom. The third-order valence-electron chi connectivity index (χ3n) is 2.51. The smallest absolute Gasteiger partial charge is 0.264 e. The van der Waals surface area contributed by atoms with Gasteiger partial charge in [-0.3, -0.25) is 4.79 Å². The fraction of sp³-hybridized carbons (Fsp3) is 0.364. The van der Waals surface area contributed by atoms with Gasteiger partial charge in [-0.25, -0.2) is 0 Å². The van der Waals surface area contributed by atoms with Crippen molar-refractivity contribution in [1.29, 1.82) is 0 Å². The van der Waals surface area contributed by atoms with Crippen molar-refractivity contribution >= 4 is 11.6 Å². The monoisotopic (exact) mass is 207 g/mol. The standard InChI is InChI=1S/C11H13NO3/c1-12-9-3-2-8(4-5-13)6-10(9)15-7-11(12)14/h2-3,6,13H,4-5,7H2,1H3. The molecule has 0 aromatic heterocycles. The number of carbonyl (C=O) groups is 1. The number of fused-ring (bicyclic) bond motifs is 1. The van der Waals surface area contributed by atoms with Crippen LogP contribution in [0.5, 0.6) is 5.75 Å². The van der Waals surface area contributed by atoms with Gasteiger partial charge in [0.05, 0.1) is 5.69 Å². The molecule has 2 rings (SSSR count). The highest BCUT2D eigenvalue weighted by Crippen LogP contribution is 2.31. The maximum Gasteiger partial charge on any atom is 0.264 e. The number of carbonyl (C=O) groups excluding carboxylic acids is 1. The quantitative estimate of drug-likeness (QED) is 0.771. The van der Waals surface area contributed by atoms with Crippen molar-refractivity contribution in [1.82, 2.24) is 0 Å². The van der Waals surface area contributed by atoms with Crippen LogP contribution in [0.15, 0.2) is 18.2 Å². The molecule has 4 heteroatoms. The van der Waals surface area contributed by atoms with E-state index < -0.39 is 0 Å². The molecule has 1 N–H and O–H groups in total. The molecular formula is C11H13NO3. The lowest BCUT2D eigenvalue weighted by molar-refractivity contribution is -0.120. The number of benzene rings is 1. The first-order valence-corrected chi connectivity index (χ1v) is 4.85. The van der Waals surface area contributed by atoms with Crippen LogP contribution in [0.2, 0.25) is 0 Å². The van der Waals surface area contributed by atoms with Gasteiger partial charge in [-0.05, 0) is 24.1 Å². The van der Waals surface area contributed by atoms with Crippen molar-refractivity contribution in [2.45, 2.75) is 6.42 Å². The summed E-state index contributed by atoms with van der Waals surface area (Å²) in [7, 11) is 1.73. The highest BCUT2D eigenvalue weighted by molar-refractivity contribution is 5.97. The molecule has 80 valence electrons. The molecule has 1 aliphatic rings. The second-order valence-electron chi connectivity index (χ2n) is 3.52. The molecule has 0 bridgehead atoms. The van der Waals surface area contributed by atoms with E-state index in [9.17, 15) is 4.79 Å². The van der Waals surface area contributed by atoms with Gasteiger partial charge in [-0.1, -0.05) is 6.07 Å². The highest BCUT2D eigenvalue weighted by atomic mass is 16.5. The van der Waals surface area contributed by atoms with Crippen LogP contribution < -0.4 is 9.64 Å². The van der Waals surface area contributed by atoms with Crippen LogP contribution >= 0.6 is 0 Å². The fourth-order valence-corrected chi connectivity index (χ4v) is 1.61. The molecule has 0 saturated heterocycles. The summed E-state index contributed by atoms with van der Waals surface area (Å²) < 4.78 is 5.32. The Kier molecular flexibility index (Phi) is 2.60. The van der Waals surface area contributed by atoms with E-state index in [2.05, 4.69) is 0 Å². The first-order chi connectivity index (χ1) is 7.22. The Morgan fingerprint density at radius 2 is 2.33 bits per heavy atom. The van der Waals surface area contributed by atoms with E-state index in [4.69, 9.17) is 9.84 Å². The zero-order chi connectivity index (χ0) is 10.8. The van der Waals surface area contributed by atoms with Crippen molar-refractivity contribution in [3.63, 3.8) is 0 Å². The highest BCUT2D eigenvalue weighted by Gasteiger charge is 2.21. The van der Waals surface area contributed by atoms with Crippen LogP contribution in [0.1, 0.15) is 5.56 Å². The molecule has 15 heavy (non-hydrogen) atoms. The topological polar surface area (TPSA) is 49.8 Å². The lowest BCUT2D eigenvalue weighted by atomic mass is 10.1. The Morgan fingerprint density at radius 1 is 1.53 bits per heavy atom. The number of ether oxygens (including phenoxy) is 1. The Labute approximate surface area is 88.1 Å². The van der Waals surface area contributed by atoms with Crippen LogP contribution in [0, 0.1) is 0 Å². The maximum atomic E-state index is 11.3. The summed E-state index contributed by atoms with van der Waals surface area (Å²) in [6.45, 7) is 0.208. The maximum absolute atomic E-state index is 11.3. The van der Waals surface area contributed by atoms with Gasteiger partial charge in [0.2, 0.25) is 0 Å². The Hall–Kier alpha value is -1.55. The molecule has 1 aromatic rings. The summed E-state index contributed by atoms with van der Waals surface area (Å²) >= 11 is 0. The van der Waals surface area contributed by atoms with Crippen molar-refractivity contribution in [3.8, 4) is 5.75 Å². The Bertz CT molecular complexity index is 389. The minimum absolute atomic E-state index is 0.0441. The summed E-state index contributed by atoms with van der Waals surface area (Å²) in [5.74, 6) is 0.667. The number of nitrogens with zero attached hydrogens (tertiary/aromatic N) is 1. The molecule has 1 heterocycles. The van der Waals surface area contributed by atoms with Crippen molar-refractivity contribution < 1.29 is 14.6 Å². The predicted octanol–water partition coefficient (Wildman–Crippen LogP) is 0.577. The lowest BCUT2D eigenvalue weighted by Crippen LogP contribution is -2.35. The molecule has 0 radical (unpaired) electrons. The van der Waals surface area contributed by atoms with E-state index in [1.807, 2.05) is 18.2 Å².